The highest BCUT2D eigenvalue weighted by molar-refractivity contribution is 6.08. The molecular weight excluding hydrogens is 340 g/mol. The Balaban J connectivity index is 1.69. The zero-order valence-electron chi connectivity index (χ0n) is 15.2. The molecule has 2 rings (SSSR count). The second kappa shape index (κ2) is 8.55. The van der Waals surface area contributed by atoms with E-state index >= 15 is 0 Å². The van der Waals surface area contributed by atoms with Crippen LogP contribution in [0.3, 0.4) is 0 Å². The molecule has 3 amide bonds. The average Bonchev–Trinajstić information content (AvgIpc) is 2.79. The molecule has 8 nitrogen and oxygen atoms in total. The highest BCUT2D eigenvalue weighted by Gasteiger charge is 2.45. The standard InChI is InChI=1S/C18H24N2O6/c1-4-9-24-13-5-7-14(8-6-13)25-10-11-26-15(21)12-20-16(22)18(2,3)19-17(20)23/h5-8H,4,9-12H2,1-3H3,(H,19,23). The van der Waals surface area contributed by atoms with Gasteiger partial charge in [0.2, 0.25) is 0 Å². The van der Waals surface area contributed by atoms with E-state index in [0.29, 0.717) is 12.4 Å². The van der Waals surface area contributed by atoms with Crippen LogP contribution in [0, 0.1) is 0 Å². The first kappa shape index (κ1) is 19.6. The van der Waals surface area contributed by atoms with Crippen LogP contribution in [0.2, 0.25) is 0 Å². The van der Waals surface area contributed by atoms with Crippen LogP contribution in [0.5, 0.6) is 11.5 Å². The summed E-state index contributed by atoms with van der Waals surface area (Å²) in [7, 11) is 0. The summed E-state index contributed by atoms with van der Waals surface area (Å²) in [5.74, 6) is 0.266. The fourth-order valence-electron chi connectivity index (χ4n) is 2.30. The molecule has 8 heteroatoms. The molecule has 1 aliphatic rings. The first-order chi connectivity index (χ1) is 12.3. The van der Waals surface area contributed by atoms with E-state index in [-0.39, 0.29) is 13.2 Å². The molecule has 1 fully saturated rings. The number of nitrogens with one attached hydrogen (secondary N) is 1. The number of ether oxygens (including phenoxy) is 3. The fourth-order valence-corrected chi connectivity index (χ4v) is 2.30. The number of nitrogens with zero attached hydrogens (tertiary/aromatic N) is 1. The second-order valence-electron chi connectivity index (χ2n) is 6.34. The molecule has 1 saturated heterocycles. The van der Waals surface area contributed by atoms with Crippen LogP contribution in [0.4, 0.5) is 4.79 Å². The smallest absolute Gasteiger partial charge is 0.326 e. The van der Waals surface area contributed by atoms with Crippen molar-refractivity contribution in [1.29, 1.82) is 0 Å². The van der Waals surface area contributed by atoms with Crippen LogP contribution in [0.15, 0.2) is 24.3 Å². The molecule has 26 heavy (non-hydrogen) atoms. The third kappa shape index (κ3) is 5.11. The molecule has 1 aromatic rings. The summed E-state index contributed by atoms with van der Waals surface area (Å²) >= 11 is 0. The Kier molecular flexibility index (Phi) is 6.43. The first-order valence-corrected chi connectivity index (χ1v) is 8.49. The van der Waals surface area contributed by atoms with Gasteiger partial charge in [-0.2, -0.15) is 0 Å². The van der Waals surface area contributed by atoms with Crippen molar-refractivity contribution in [1.82, 2.24) is 10.2 Å². The van der Waals surface area contributed by atoms with Gasteiger partial charge < -0.3 is 19.5 Å². The number of carbonyl (C=O) groups is 3. The summed E-state index contributed by atoms with van der Waals surface area (Å²) in [4.78, 5) is 36.3. The van der Waals surface area contributed by atoms with Crippen molar-refractivity contribution in [2.75, 3.05) is 26.4 Å². The van der Waals surface area contributed by atoms with E-state index in [4.69, 9.17) is 14.2 Å². The average molecular weight is 364 g/mol. The molecule has 1 N–H and O–H groups in total. The Hall–Kier alpha value is -2.77. The molecule has 0 bridgehead atoms. The van der Waals surface area contributed by atoms with E-state index in [9.17, 15) is 14.4 Å². The zero-order valence-corrected chi connectivity index (χ0v) is 15.2. The van der Waals surface area contributed by atoms with E-state index in [1.807, 2.05) is 6.92 Å². The van der Waals surface area contributed by atoms with E-state index in [0.717, 1.165) is 17.1 Å². The number of carbonyl (C=O) groups excluding carboxylic acids is 3. The third-order valence-corrected chi connectivity index (χ3v) is 3.64. The van der Waals surface area contributed by atoms with Gasteiger partial charge in [0.15, 0.2) is 0 Å². The van der Waals surface area contributed by atoms with Gasteiger partial charge in [0.05, 0.1) is 6.61 Å². The molecule has 0 spiro atoms. The van der Waals surface area contributed by atoms with Crippen molar-refractivity contribution in [3.8, 4) is 11.5 Å². The summed E-state index contributed by atoms with van der Waals surface area (Å²) < 4.78 is 15.9. The Labute approximate surface area is 152 Å². The monoisotopic (exact) mass is 364 g/mol. The zero-order chi connectivity index (χ0) is 19.2. The quantitative estimate of drug-likeness (QED) is 0.407. The molecule has 0 unspecified atom stereocenters. The van der Waals surface area contributed by atoms with Crippen molar-refractivity contribution in [3.63, 3.8) is 0 Å². The van der Waals surface area contributed by atoms with Gasteiger partial charge in [0, 0.05) is 0 Å². The SMILES string of the molecule is CCCOc1ccc(OCCOC(=O)CN2C(=O)NC(C)(C)C2=O)cc1. The minimum atomic E-state index is -1.01. The Bertz CT molecular complexity index is 656. The number of imide groups is 1. The highest BCUT2D eigenvalue weighted by Crippen LogP contribution is 2.18. The van der Waals surface area contributed by atoms with Crippen molar-refractivity contribution >= 4 is 17.9 Å². The number of hydrogen-bond acceptors (Lipinski definition) is 6. The van der Waals surface area contributed by atoms with Gasteiger partial charge in [-0.05, 0) is 44.5 Å². The number of benzene rings is 1. The maximum Gasteiger partial charge on any atom is 0.326 e. The lowest BCUT2D eigenvalue weighted by molar-refractivity contribution is -0.148. The molecule has 1 aliphatic heterocycles. The number of rotatable bonds is 9. The van der Waals surface area contributed by atoms with Crippen molar-refractivity contribution in [3.05, 3.63) is 24.3 Å². The van der Waals surface area contributed by atoms with Gasteiger partial charge in [-0.15, -0.1) is 0 Å². The molecule has 1 aromatic carbocycles. The van der Waals surface area contributed by atoms with Gasteiger partial charge in [0.25, 0.3) is 5.91 Å². The van der Waals surface area contributed by atoms with Crippen molar-refractivity contribution in [2.24, 2.45) is 0 Å². The van der Waals surface area contributed by atoms with Crippen LogP contribution >= 0.6 is 0 Å². The molecule has 142 valence electrons. The number of amides is 3. The van der Waals surface area contributed by atoms with E-state index in [2.05, 4.69) is 5.32 Å². The lowest BCUT2D eigenvalue weighted by atomic mass is 10.1. The Morgan fingerprint density at radius 1 is 1.04 bits per heavy atom. The minimum Gasteiger partial charge on any atom is -0.494 e. The minimum absolute atomic E-state index is 0.0139. The molecule has 0 saturated carbocycles. The molecule has 0 aromatic heterocycles. The molecule has 0 atom stereocenters. The van der Waals surface area contributed by atoms with Crippen LogP contribution in [-0.2, 0) is 14.3 Å². The van der Waals surface area contributed by atoms with Crippen molar-refractivity contribution in [2.45, 2.75) is 32.7 Å². The molecule has 1 heterocycles. The lowest BCUT2D eigenvalue weighted by Crippen LogP contribution is -2.41. The second-order valence-corrected chi connectivity index (χ2v) is 6.34. The number of urea groups is 1. The predicted octanol–water partition coefficient (Wildman–Crippen LogP) is 1.73. The third-order valence-electron chi connectivity index (χ3n) is 3.64. The maximum atomic E-state index is 12.0. The van der Waals surface area contributed by atoms with Gasteiger partial charge in [0.1, 0.15) is 36.8 Å². The fraction of sp³-hybridized carbons (Fsp3) is 0.500. The normalized spacial score (nSPS) is 15.6. The van der Waals surface area contributed by atoms with Crippen molar-refractivity contribution < 1.29 is 28.6 Å². The van der Waals surface area contributed by atoms with Crippen LogP contribution in [-0.4, -0.2) is 54.7 Å². The van der Waals surface area contributed by atoms with Crippen LogP contribution < -0.4 is 14.8 Å². The van der Waals surface area contributed by atoms with Gasteiger partial charge in [-0.1, -0.05) is 6.92 Å². The van der Waals surface area contributed by atoms with E-state index in [1.165, 1.54) is 0 Å². The van der Waals surface area contributed by atoms with Gasteiger partial charge in [-0.25, -0.2) is 4.79 Å². The summed E-state index contributed by atoms with van der Waals surface area (Å²) in [6, 6.07) is 6.54. The number of hydrogen-bond donors (Lipinski definition) is 1. The summed E-state index contributed by atoms with van der Waals surface area (Å²) in [5, 5.41) is 2.50. The lowest BCUT2D eigenvalue weighted by Gasteiger charge is -2.15. The predicted molar refractivity (Wildman–Crippen MR) is 93.0 cm³/mol. The number of esters is 1. The summed E-state index contributed by atoms with van der Waals surface area (Å²) in [5.41, 5.74) is -1.01. The molecule has 0 aliphatic carbocycles. The topological polar surface area (TPSA) is 94.2 Å². The van der Waals surface area contributed by atoms with E-state index < -0.39 is 30.0 Å². The van der Waals surface area contributed by atoms with Gasteiger partial charge in [-0.3, -0.25) is 14.5 Å². The Morgan fingerprint density at radius 3 is 2.12 bits per heavy atom. The maximum absolute atomic E-state index is 12.0. The molecular formula is C18H24N2O6. The van der Waals surface area contributed by atoms with Gasteiger partial charge >= 0.3 is 12.0 Å². The van der Waals surface area contributed by atoms with Crippen LogP contribution in [0.25, 0.3) is 0 Å². The largest absolute Gasteiger partial charge is 0.494 e. The summed E-state index contributed by atoms with van der Waals surface area (Å²) in [6.07, 6.45) is 0.936. The highest BCUT2D eigenvalue weighted by atomic mass is 16.6. The van der Waals surface area contributed by atoms with Crippen LogP contribution in [0.1, 0.15) is 27.2 Å². The summed E-state index contributed by atoms with van der Waals surface area (Å²) in [6.45, 7) is 5.59. The first-order valence-electron chi connectivity index (χ1n) is 8.49. The molecule has 0 radical (unpaired) electrons. The Morgan fingerprint density at radius 2 is 1.62 bits per heavy atom. The van der Waals surface area contributed by atoms with E-state index in [1.54, 1.807) is 38.1 Å².